The predicted octanol–water partition coefficient (Wildman–Crippen LogP) is 2.84. The van der Waals surface area contributed by atoms with Gasteiger partial charge in [-0.3, -0.25) is 9.59 Å². The highest BCUT2D eigenvalue weighted by atomic mass is 32.2. The van der Waals surface area contributed by atoms with Crippen LogP contribution in [-0.2, 0) is 25.9 Å². The molecule has 1 N–H and O–H groups in total. The first-order valence-electron chi connectivity index (χ1n) is 9.57. The second-order valence-electron chi connectivity index (χ2n) is 6.81. The zero-order valence-electron chi connectivity index (χ0n) is 17.4. The molecule has 3 rings (SSSR count). The van der Waals surface area contributed by atoms with Crippen molar-refractivity contribution in [3.05, 3.63) is 52.8 Å². The molecule has 0 spiro atoms. The van der Waals surface area contributed by atoms with Crippen molar-refractivity contribution in [3.63, 3.8) is 0 Å². The van der Waals surface area contributed by atoms with E-state index in [0.29, 0.717) is 35.8 Å². The molecule has 2 amide bonds. The molecule has 0 aliphatic rings. The average molecular weight is 462 g/mol. The number of rotatable bonds is 7. The van der Waals surface area contributed by atoms with Crippen LogP contribution >= 0.6 is 11.3 Å². The van der Waals surface area contributed by atoms with Crippen molar-refractivity contribution in [2.24, 2.45) is 4.99 Å². The van der Waals surface area contributed by atoms with Gasteiger partial charge >= 0.3 is 0 Å². The number of carbonyl (C=O) groups is 2. The number of ether oxygens (including phenoxy) is 1. The topological polar surface area (TPSA) is 107 Å². The first kappa shape index (κ1) is 22.9. The fourth-order valence-electron chi connectivity index (χ4n) is 2.95. The van der Waals surface area contributed by atoms with Crippen LogP contribution in [0.15, 0.2) is 52.4 Å². The number of carbonyl (C=O) groups excluding carboxylic acids is 2. The number of amides is 2. The molecule has 0 saturated carbocycles. The lowest BCUT2D eigenvalue weighted by Gasteiger charge is -2.06. The van der Waals surface area contributed by atoms with Crippen LogP contribution in [-0.4, -0.2) is 44.3 Å². The molecule has 0 bridgehead atoms. The number of hydrogen-bond acceptors (Lipinski definition) is 6. The van der Waals surface area contributed by atoms with Crippen LogP contribution in [0, 0.1) is 0 Å². The van der Waals surface area contributed by atoms with E-state index < -0.39 is 15.7 Å². The van der Waals surface area contributed by atoms with Gasteiger partial charge in [0.05, 0.1) is 21.7 Å². The number of hydrogen-bond donors (Lipinski definition) is 1. The Morgan fingerprint density at radius 3 is 2.48 bits per heavy atom. The maximum Gasteiger partial charge on any atom is 0.279 e. The number of nitrogens with zero attached hydrogens (tertiary/aromatic N) is 2. The smallest absolute Gasteiger partial charge is 0.279 e. The summed E-state index contributed by atoms with van der Waals surface area (Å²) in [6, 6.07) is 11.2. The quantitative estimate of drug-likeness (QED) is 0.545. The Hall–Kier alpha value is -2.82. The number of benzene rings is 2. The monoisotopic (exact) mass is 461 g/mol. The van der Waals surface area contributed by atoms with E-state index >= 15 is 0 Å². The summed E-state index contributed by atoms with van der Waals surface area (Å²) in [7, 11) is -3.34. The lowest BCUT2D eigenvalue weighted by Crippen LogP contribution is -2.19. The zero-order chi connectivity index (χ0) is 22.6. The molecule has 10 heteroatoms. The molecule has 164 valence electrons. The van der Waals surface area contributed by atoms with E-state index in [0.717, 1.165) is 16.5 Å². The highest BCUT2D eigenvalue weighted by Crippen LogP contribution is 2.22. The Kier molecular flexibility index (Phi) is 7.04. The zero-order valence-corrected chi connectivity index (χ0v) is 19.0. The number of sulfone groups is 1. The SMILES string of the molecule is CCOCCn1c(=NC(=O)c2ccc(S(C)(=O)=O)cc2)sc2cc(NC(C)=O)ccc21. The Labute approximate surface area is 184 Å². The minimum Gasteiger partial charge on any atom is -0.380 e. The van der Waals surface area contributed by atoms with Gasteiger partial charge in [0.2, 0.25) is 5.91 Å². The van der Waals surface area contributed by atoms with Gasteiger partial charge in [-0.2, -0.15) is 4.99 Å². The molecule has 0 aliphatic carbocycles. The summed E-state index contributed by atoms with van der Waals surface area (Å²) < 4.78 is 31.5. The number of nitrogens with one attached hydrogen (secondary N) is 1. The van der Waals surface area contributed by atoms with Crippen LogP contribution < -0.4 is 10.1 Å². The summed E-state index contributed by atoms with van der Waals surface area (Å²) in [4.78, 5) is 29.0. The molecule has 1 aromatic heterocycles. The molecule has 0 fully saturated rings. The Morgan fingerprint density at radius 1 is 1.16 bits per heavy atom. The van der Waals surface area contributed by atoms with Crippen molar-refractivity contribution in [3.8, 4) is 0 Å². The predicted molar refractivity (Wildman–Crippen MR) is 120 cm³/mol. The molecule has 0 unspecified atom stereocenters. The summed E-state index contributed by atoms with van der Waals surface area (Å²) >= 11 is 1.33. The molecular formula is C21H23N3O5S2. The number of thiazole rings is 1. The molecule has 0 aliphatic heterocycles. The van der Waals surface area contributed by atoms with Gasteiger partial charge in [0.1, 0.15) is 0 Å². The fourth-order valence-corrected chi connectivity index (χ4v) is 4.68. The van der Waals surface area contributed by atoms with E-state index in [9.17, 15) is 18.0 Å². The van der Waals surface area contributed by atoms with Gasteiger partial charge in [0.15, 0.2) is 14.6 Å². The molecule has 0 atom stereocenters. The van der Waals surface area contributed by atoms with E-state index in [2.05, 4.69) is 10.3 Å². The van der Waals surface area contributed by atoms with Crippen LogP contribution in [0.2, 0.25) is 0 Å². The normalized spacial score (nSPS) is 12.3. The van der Waals surface area contributed by atoms with Crippen molar-refractivity contribution in [2.45, 2.75) is 25.3 Å². The fraction of sp³-hybridized carbons (Fsp3) is 0.286. The third kappa shape index (κ3) is 5.66. The van der Waals surface area contributed by atoms with E-state index in [-0.39, 0.29) is 10.8 Å². The molecule has 2 aromatic carbocycles. The standard InChI is InChI=1S/C21H23N3O5S2/c1-4-29-12-11-24-18-10-7-16(22-14(2)25)13-19(18)30-21(24)23-20(26)15-5-8-17(9-6-15)31(3,27)28/h5-10,13H,4,11-12H2,1-3H3,(H,22,25). The van der Waals surface area contributed by atoms with Crippen LogP contribution in [0.5, 0.6) is 0 Å². The number of fused-ring (bicyclic) bond motifs is 1. The van der Waals surface area contributed by atoms with Crippen molar-refractivity contribution in [1.82, 2.24) is 4.57 Å². The van der Waals surface area contributed by atoms with Crippen molar-refractivity contribution in [2.75, 3.05) is 24.8 Å². The molecule has 1 heterocycles. The number of aromatic nitrogens is 1. The molecule has 8 nitrogen and oxygen atoms in total. The highest BCUT2D eigenvalue weighted by molar-refractivity contribution is 7.90. The summed E-state index contributed by atoms with van der Waals surface area (Å²) in [6.07, 6.45) is 1.11. The lowest BCUT2D eigenvalue weighted by atomic mass is 10.2. The average Bonchev–Trinajstić information content (AvgIpc) is 3.03. The van der Waals surface area contributed by atoms with Gasteiger partial charge in [-0.05, 0) is 49.4 Å². The van der Waals surface area contributed by atoms with E-state index in [1.165, 1.54) is 42.5 Å². The van der Waals surface area contributed by atoms with Crippen LogP contribution in [0.1, 0.15) is 24.2 Å². The Balaban J connectivity index is 2.03. The summed E-state index contributed by atoms with van der Waals surface area (Å²) in [5.74, 6) is -0.642. The second-order valence-corrected chi connectivity index (χ2v) is 9.84. The first-order chi connectivity index (χ1) is 14.7. The maximum absolute atomic E-state index is 12.7. The molecular weight excluding hydrogens is 438 g/mol. The van der Waals surface area contributed by atoms with Crippen molar-refractivity contribution >= 4 is 48.9 Å². The molecule has 0 radical (unpaired) electrons. The van der Waals surface area contributed by atoms with Gasteiger partial charge in [-0.25, -0.2) is 8.42 Å². The maximum atomic E-state index is 12.7. The summed E-state index contributed by atoms with van der Waals surface area (Å²) in [6.45, 7) is 4.89. The summed E-state index contributed by atoms with van der Waals surface area (Å²) in [5.41, 5.74) is 1.82. The molecule has 3 aromatic rings. The largest absolute Gasteiger partial charge is 0.380 e. The van der Waals surface area contributed by atoms with Crippen LogP contribution in [0.3, 0.4) is 0 Å². The highest BCUT2D eigenvalue weighted by Gasteiger charge is 2.12. The van der Waals surface area contributed by atoms with Crippen molar-refractivity contribution < 1.29 is 22.7 Å². The minimum atomic E-state index is -3.34. The van der Waals surface area contributed by atoms with Gasteiger partial charge in [-0.1, -0.05) is 11.3 Å². The lowest BCUT2D eigenvalue weighted by molar-refractivity contribution is -0.114. The van der Waals surface area contributed by atoms with Gasteiger partial charge in [0.25, 0.3) is 5.91 Å². The number of anilines is 1. The van der Waals surface area contributed by atoms with Crippen molar-refractivity contribution in [1.29, 1.82) is 0 Å². The second kappa shape index (κ2) is 9.54. The van der Waals surface area contributed by atoms with E-state index in [1.54, 1.807) is 6.07 Å². The third-order valence-corrected chi connectivity index (χ3v) is 6.56. The van der Waals surface area contributed by atoms with Gasteiger partial charge in [0, 0.05) is 37.6 Å². The molecule has 31 heavy (non-hydrogen) atoms. The molecule has 0 saturated heterocycles. The summed E-state index contributed by atoms with van der Waals surface area (Å²) in [5, 5.41) is 2.75. The van der Waals surface area contributed by atoms with E-state index in [1.807, 2.05) is 23.6 Å². The van der Waals surface area contributed by atoms with Gasteiger partial charge < -0.3 is 14.6 Å². The Bertz CT molecular complexity index is 1290. The van der Waals surface area contributed by atoms with Gasteiger partial charge in [-0.15, -0.1) is 0 Å². The Morgan fingerprint density at radius 2 is 1.87 bits per heavy atom. The van der Waals surface area contributed by atoms with E-state index in [4.69, 9.17) is 4.74 Å². The first-order valence-corrected chi connectivity index (χ1v) is 12.3. The van der Waals surface area contributed by atoms with Crippen LogP contribution in [0.25, 0.3) is 10.2 Å². The third-order valence-electron chi connectivity index (χ3n) is 4.39. The van der Waals surface area contributed by atoms with Crippen LogP contribution in [0.4, 0.5) is 5.69 Å². The minimum absolute atomic E-state index is 0.142.